The van der Waals surface area contributed by atoms with Crippen LogP contribution in [0.1, 0.15) is 18.9 Å². The van der Waals surface area contributed by atoms with Gasteiger partial charge in [0.05, 0.1) is 16.8 Å². The zero-order chi connectivity index (χ0) is 13.6. The number of rotatable bonds is 7. The Labute approximate surface area is 109 Å². The highest BCUT2D eigenvalue weighted by Gasteiger charge is 2.19. The summed E-state index contributed by atoms with van der Waals surface area (Å²) in [6.45, 7) is 4.95. The maximum Gasteiger partial charge on any atom is 0.180 e. The van der Waals surface area contributed by atoms with Crippen LogP contribution in [-0.4, -0.2) is 38.5 Å². The molecule has 0 saturated carbocycles. The average molecular weight is 271 g/mol. The Balaban J connectivity index is 2.64. The quantitative estimate of drug-likeness (QED) is 0.730. The Kier molecular flexibility index (Phi) is 5.78. The molecule has 0 spiro atoms. The number of nitrogens with one attached hydrogen (secondary N) is 1. The number of hydrogen-bond donors (Lipinski definition) is 2. The first-order valence-electron chi connectivity index (χ1n) is 6.14. The molecule has 1 aromatic carbocycles. The van der Waals surface area contributed by atoms with Gasteiger partial charge < -0.3 is 10.4 Å². The van der Waals surface area contributed by atoms with Crippen molar-refractivity contribution in [3.05, 3.63) is 29.8 Å². The third-order valence-corrected chi connectivity index (χ3v) is 4.36. The van der Waals surface area contributed by atoms with Gasteiger partial charge in [-0.15, -0.1) is 0 Å². The molecule has 102 valence electrons. The van der Waals surface area contributed by atoms with E-state index in [0.717, 1.165) is 18.5 Å². The monoisotopic (exact) mass is 271 g/mol. The van der Waals surface area contributed by atoms with Crippen molar-refractivity contribution >= 4 is 9.84 Å². The average Bonchev–Trinajstić information content (AvgIpc) is 2.28. The second kappa shape index (κ2) is 6.87. The van der Waals surface area contributed by atoms with Gasteiger partial charge in [0.25, 0.3) is 0 Å². The largest absolute Gasteiger partial charge is 0.391 e. The van der Waals surface area contributed by atoms with Crippen LogP contribution in [0.4, 0.5) is 0 Å². The normalized spacial score (nSPS) is 13.5. The first kappa shape index (κ1) is 15.1. The molecule has 1 unspecified atom stereocenters. The number of aliphatic hydroxyl groups is 1. The highest BCUT2D eigenvalue weighted by Crippen LogP contribution is 2.13. The van der Waals surface area contributed by atoms with Crippen molar-refractivity contribution < 1.29 is 13.5 Å². The van der Waals surface area contributed by atoms with Gasteiger partial charge in [-0.3, -0.25) is 0 Å². The molecule has 18 heavy (non-hydrogen) atoms. The molecule has 0 aromatic heterocycles. The minimum absolute atomic E-state index is 0.243. The summed E-state index contributed by atoms with van der Waals surface area (Å²) in [5.41, 5.74) is 0.898. The van der Waals surface area contributed by atoms with Crippen LogP contribution < -0.4 is 5.32 Å². The van der Waals surface area contributed by atoms with Crippen LogP contribution in [0.15, 0.2) is 29.2 Å². The topological polar surface area (TPSA) is 66.4 Å². The number of hydrogen-bond acceptors (Lipinski definition) is 4. The Morgan fingerprint density at radius 2 is 2.11 bits per heavy atom. The molecule has 2 N–H and O–H groups in total. The molecule has 5 heteroatoms. The molecule has 0 amide bonds. The van der Waals surface area contributed by atoms with Gasteiger partial charge in [0.2, 0.25) is 0 Å². The molecule has 0 aliphatic heterocycles. The molecule has 0 saturated heterocycles. The van der Waals surface area contributed by atoms with Crippen molar-refractivity contribution in [3.63, 3.8) is 0 Å². The van der Waals surface area contributed by atoms with E-state index in [9.17, 15) is 13.5 Å². The molecule has 0 aliphatic rings. The fourth-order valence-electron chi connectivity index (χ4n) is 1.66. The van der Waals surface area contributed by atoms with Gasteiger partial charge in [-0.1, -0.05) is 19.1 Å². The highest BCUT2D eigenvalue weighted by molar-refractivity contribution is 7.91. The van der Waals surface area contributed by atoms with Crippen LogP contribution in [0, 0.1) is 6.92 Å². The summed E-state index contributed by atoms with van der Waals surface area (Å²) in [5, 5.41) is 12.7. The number of aliphatic hydroxyl groups excluding tert-OH is 1. The number of benzene rings is 1. The van der Waals surface area contributed by atoms with Gasteiger partial charge in [-0.25, -0.2) is 8.42 Å². The second-order valence-corrected chi connectivity index (χ2v) is 6.49. The third kappa shape index (κ3) is 4.76. The van der Waals surface area contributed by atoms with Crippen molar-refractivity contribution in [3.8, 4) is 0 Å². The molecule has 1 rings (SSSR count). The summed E-state index contributed by atoms with van der Waals surface area (Å²) in [4.78, 5) is 0.275. The predicted molar refractivity (Wildman–Crippen MR) is 72.4 cm³/mol. The fraction of sp³-hybridized carbons (Fsp3) is 0.538. The van der Waals surface area contributed by atoms with Crippen LogP contribution in [-0.2, 0) is 9.84 Å². The Bertz CT molecular complexity index is 471. The SMILES string of the molecule is CCCNCC(O)CS(=O)(=O)c1cccc(C)c1. The van der Waals surface area contributed by atoms with Crippen LogP contribution >= 0.6 is 0 Å². The van der Waals surface area contributed by atoms with Crippen LogP contribution in [0.25, 0.3) is 0 Å². The van der Waals surface area contributed by atoms with Crippen molar-refractivity contribution in [2.24, 2.45) is 0 Å². The smallest absolute Gasteiger partial charge is 0.180 e. The van der Waals surface area contributed by atoms with Gasteiger partial charge >= 0.3 is 0 Å². The molecular weight excluding hydrogens is 250 g/mol. The fourth-order valence-corrected chi connectivity index (χ4v) is 3.13. The lowest BCUT2D eigenvalue weighted by Gasteiger charge is -2.12. The number of sulfone groups is 1. The Hall–Kier alpha value is -0.910. The van der Waals surface area contributed by atoms with Crippen molar-refractivity contribution in [2.45, 2.75) is 31.3 Å². The molecule has 1 aromatic rings. The summed E-state index contributed by atoms with van der Waals surface area (Å²) in [6.07, 6.45) is 0.0826. The summed E-state index contributed by atoms with van der Waals surface area (Å²) in [6, 6.07) is 6.75. The van der Waals surface area contributed by atoms with Crippen LogP contribution in [0.5, 0.6) is 0 Å². The highest BCUT2D eigenvalue weighted by atomic mass is 32.2. The van der Waals surface area contributed by atoms with E-state index in [2.05, 4.69) is 5.32 Å². The molecule has 1 atom stereocenters. The lowest BCUT2D eigenvalue weighted by molar-refractivity contribution is 0.194. The van der Waals surface area contributed by atoms with Gasteiger partial charge in [0, 0.05) is 6.54 Å². The van der Waals surface area contributed by atoms with Gasteiger partial charge in [0.1, 0.15) is 0 Å². The number of aryl methyl sites for hydroxylation is 1. The molecule has 0 aliphatic carbocycles. The minimum atomic E-state index is -3.41. The zero-order valence-corrected chi connectivity index (χ0v) is 11.7. The molecule has 0 radical (unpaired) electrons. The first-order valence-corrected chi connectivity index (χ1v) is 7.79. The van der Waals surface area contributed by atoms with E-state index in [1.54, 1.807) is 18.2 Å². The van der Waals surface area contributed by atoms with E-state index < -0.39 is 15.9 Å². The molecule has 4 nitrogen and oxygen atoms in total. The van der Waals surface area contributed by atoms with E-state index in [0.29, 0.717) is 6.54 Å². The van der Waals surface area contributed by atoms with Crippen molar-refractivity contribution in [1.29, 1.82) is 0 Å². The van der Waals surface area contributed by atoms with E-state index >= 15 is 0 Å². The Morgan fingerprint density at radius 3 is 2.72 bits per heavy atom. The summed E-state index contributed by atoms with van der Waals surface area (Å²) < 4.78 is 24.1. The first-order chi connectivity index (χ1) is 8.45. The van der Waals surface area contributed by atoms with Crippen LogP contribution in [0.2, 0.25) is 0 Å². The maximum atomic E-state index is 12.0. The lowest BCUT2D eigenvalue weighted by Crippen LogP contribution is -2.32. The third-order valence-electron chi connectivity index (χ3n) is 2.57. The van der Waals surface area contributed by atoms with E-state index in [1.807, 2.05) is 19.9 Å². The molecule has 0 heterocycles. The zero-order valence-electron chi connectivity index (χ0n) is 10.9. The maximum absolute atomic E-state index is 12.0. The van der Waals surface area contributed by atoms with Crippen LogP contribution in [0.3, 0.4) is 0 Å². The summed E-state index contributed by atoms with van der Waals surface area (Å²) in [5.74, 6) is -0.243. The lowest BCUT2D eigenvalue weighted by atomic mass is 10.2. The van der Waals surface area contributed by atoms with Crippen molar-refractivity contribution in [2.75, 3.05) is 18.8 Å². The molecule has 0 bridgehead atoms. The van der Waals surface area contributed by atoms with E-state index in [4.69, 9.17) is 0 Å². The summed E-state index contributed by atoms with van der Waals surface area (Å²) in [7, 11) is -3.41. The van der Waals surface area contributed by atoms with Crippen molar-refractivity contribution in [1.82, 2.24) is 5.32 Å². The van der Waals surface area contributed by atoms with E-state index in [-0.39, 0.29) is 10.6 Å². The minimum Gasteiger partial charge on any atom is -0.391 e. The second-order valence-electron chi connectivity index (χ2n) is 4.46. The Morgan fingerprint density at radius 1 is 1.39 bits per heavy atom. The van der Waals surface area contributed by atoms with Gasteiger partial charge in [0.15, 0.2) is 9.84 Å². The van der Waals surface area contributed by atoms with Gasteiger partial charge in [-0.05, 0) is 37.6 Å². The standard InChI is InChI=1S/C13H21NO3S/c1-3-7-14-9-12(15)10-18(16,17)13-6-4-5-11(2)8-13/h4-6,8,12,14-15H,3,7,9-10H2,1-2H3. The molecule has 0 fully saturated rings. The molecular formula is C13H21NO3S. The predicted octanol–water partition coefficient (Wildman–Crippen LogP) is 1.13. The summed E-state index contributed by atoms with van der Waals surface area (Å²) >= 11 is 0. The van der Waals surface area contributed by atoms with Gasteiger partial charge in [-0.2, -0.15) is 0 Å². The van der Waals surface area contributed by atoms with E-state index in [1.165, 1.54) is 0 Å².